The van der Waals surface area contributed by atoms with Gasteiger partial charge in [0.05, 0.1) is 11.8 Å². The Balaban J connectivity index is 1.82. The Hall–Kier alpha value is -1.10. The fourth-order valence-corrected chi connectivity index (χ4v) is 2.02. The molecule has 1 aliphatic rings. The zero-order chi connectivity index (χ0) is 10.8. The summed E-state index contributed by atoms with van der Waals surface area (Å²) in [6.45, 7) is 2.74. The SMILES string of the molecule is CCOC1CC(Cc2[nH]nc(N)c2F)C1. The predicted molar refractivity (Wildman–Crippen MR) is 54.8 cm³/mol. The maximum atomic E-state index is 13.3. The molecule has 0 aliphatic heterocycles. The molecule has 1 aromatic heterocycles. The molecule has 1 heterocycles. The van der Waals surface area contributed by atoms with E-state index in [1.165, 1.54) is 0 Å². The van der Waals surface area contributed by atoms with E-state index in [1.807, 2.05) is 6.92 Å². The molecule has 1 aliphatic carbocycles. The third kappa shape index (κ3) is 2.12. The van der Waals surface area contributed by atoms with Crippen LogP contribution in [0.4, 0.5) is 10.2 Å². The summed E-state index contributed by atoms with van der Waals surface area (Å²) in [6, 6.07) is 0. The number of H-pyrrole nitrogens is 1. The van der Waals surface area contributed by atoms with Crippen LogP contribution < -0.4 is 5.73 Å². The molecular formula is C10H16FN3O. The molecule has 4 nitrogen and oxygen atoms in total. The Bertz CT molecular complexity index is 333. The number of hydrogen-bond donors (Lipinski definition) is 2. The Kier molecular flexibility index (Phi) is 2.90. The van der Waals surface area contributed by atoms with Gasteiger partial charge in [-0.15, -0.1) is 0 Å². The molecule has 3 N–H and O–H groups in total. The number of nitrogens with one attached hydrogen (secondary N) is 1. The van der Waals surface area contributed by atoms with Gasteiger partial charge in [0, 0.05) is 6.61 Å². The molecule has 1 aromatic rings. The highest BCUT2D eigenvalue weighted by molar-refractivity contribution is 5.31. The normalized spacial score (nSPS) is 25.2. The predicted octanol–water partition coefficient (Wildman–Crippen LogP) is 1.49. The van der Waals surface area contributed by atoms with Crippen molar-refractivity contribution in [3.05, 3.63) is 11.5 Å². The smallest absolute Gasteiger partial charge is 0.187 e. The van der Waals surface area contributed by atoms with Crippen molar-refractivity contribution < 1.29 is 9.13 Å². The van der Waals surface area contributed by atoms with Gasteiger partial charge in [0.2, 0.25) is 0 Å². The Labute approximate surface area is 88.0 Å². The summed E-state index contributed by atoms with van der Waals surface area (Å²) < 4.78 is 18.7. The zero-order valence-corrected chi connectivity index (χ0v) is 8.79. The van der Waals surface area contributed by atoms with Crippen molar-refractivity contribution in [1.29, 1.82) is 0 Å². The molecular weight excluding hydrogens is 197 g/mol. The largest absolute Gasteiger partial charge is 0.380 e. The minimum absolute atomic E-state index is 0.0364. The van der Waals surface area contributed by atoms with E-state index in [9.17, 15) is 4.39 Å². The van der Waals surface area contributed by atoms with E-state index in [1.54, 1.807) is 0 Å². The number of nitrogens with zero attached hydrogens (tertiary/aromatic N) is 1. The van der Waals surface area contributed by atoms with E-state index in [-0.39, 0.29) is 5.82 Å². The number of aromatic amines is 1. The summed E-state index contributed by atoms with van der Waals surface area (Å²) in [5, 5.41) is 6.26. The number of ether oxygens (including phenoxy) is 1. The van der Waals surface area contributed by atoms with Crippen molar-refractivity contribution in [3.8, 4) is 0 Å². The first kappa shape index (κ1) is 10.4. The Morgan fingerprint density at radius 3 is 2.87 bits per heavy atom. The average Bonchev–Trinajstić information content (AvgIpc) is 2.46. The van der Waals surface area contributed by atoms with Crippen LogP contribution in [0.5, 0.6) is 0 Å². The number of anilines is 1. The van der Waals surface area contributed by atoms with E-state index in [4.69, 9.17) is 10.5 Å². The Morgan fingerprint density at radius 2 is 2.33 bits per heavy atom. The molecule has 0 spiro atoms. The lowest BCUT2D eigenvalue weighted by molar-refractivity contribution is -0.0244. The second-order valence-corrected chi connectivity index (χ2v) is 4.02. The quantitative estimate of drug-likeness (QED) is 0.796. The van der Waals surface area contributed by atoms with Gasteiger partial charge in [-0.25, -0.2) is 4.39 Å². The van der Waals surface area contributed by atoms with Gasteiger partial charge in [-0.3, -0.25) is 5.10 Å². The summed E-state index contributed by atoms with van der Waals surface area (Å²) in [6.07, 6.45) is 3.06. The molecule has 0 radical (unpaired) electrons. The number of aromatic nitrogens is 2. The van der Waals surface area contributed by atoms with E-state index in [0.29, 0.717) is 24.1 Å². The van der Waals surface area contributed by atoms with Crippen LogP contribution in [0.15, 0.2) is 0 Å². The first-order valence-electron chi connectivity index (χ1n) is 5.30. The van der Waals surface area contributed by atoms with E-state index >= 15 is 0 Å². The van der Waals surface area contributed by atoms with Crippen LogP contribution in [-0.2, 0) is 11.2 Å². The highest BCUT2D eigenvalue weighted by Gasteiger charge is 2.30. The average molecular weight is 213 g/mol. The number of rotatable bonds is 4. The third-order valence-electron chi connectivity index (χ3n) is 2.89. The maximum Gasteiger partial charge on any atom is 0.187 e. The van der Waals surface area contributed by atoms with E-state index < -0.39 is 5.82 Å². The number of hydrogen-bond acceptors (Lipinski definition) is 3. The molecule has 15 heavy (non-hydrogen) atoms. The van der Waals surface area contributed by atoms with Crippen LogP contribution in [0.1, 0.15) is 25.5 Å². The molecule has 84 valence electrons. The minimum atomic E-state index is -0.394. The van der Waals surface area contributed by atoms with Crippen molar-refractivity contribution in [2.75, 3.05) is 12.3 Å². The Morgan fingerprint density at radius 1 is 1.60 bits per heavy atom. The zero-order valence-electron chi connectivity index (χ0n) is 8.79. The molecule has 5 heteroatoms. The molecule has 0 atom stereocenters. The van der Waals surface area contributed by atoms with Gasteiger partial charge >= 0.3 is 0 Å². The van der Waals surface area contributed by atoms with Crippen molar-refractivity contribution in [3.63, 3.8) is 0 Å². The molecule has 0 bridgehead atoms. The summed E-state index contributed by atoms with van der Waals surface area (Å²) in [7, 11) is 0. The van der Waals surface area contributed by atoms with Crippen LogP contribution in [0.3, 0.4) is 0 Å². The standard InChI is InChI=1S/C10H16FN3O/c1-2-15-7-3-6(4-7)5-8-9(11)10(12)14-13-8/h6-7H,2-5H2,1H3,(H3,12,13,14). The third-order valence-corrected chi connectivity index (χ3v) is 2.89. The molecule has 0 unspecified atom stereocenters. The summed E-state index contributed by atoms with van der Waals surface area (Å²) in [4.78, 5) is 0. The molecule has 0 aromatic carbocycles. The van der Waals surface area contributed by atoms with Crippen LogP contribution in [0, 0.1) is 11.7 Å². The topological polar surface area (TPSA) is 63.9 Å². The van der Waals surface area contributed by atoms with Gasteiger partial charge in [0.1, 0.15) is 0 Å². The van der Waals surface area contributed by atoms with Crippen LogP contribution in [0.25, 0.3) is 0 Å². The minimum Gasteiger partial charge on any atom is -0.380 e. The second kappa shape index (κ2) is 4.18. The highest BCUT2D eigenvalue weighted by Crippen LogP contribution is 2.33. The van der Waals surface area contributed by atoms with E-state index in [2.05, 4.69) is 10.2 Å². The van der Waals surface area contributed by atoms with Crippen molar-refractivity contribution >= 4 is 5.82 Å². The van der Waals surface area contributed by atoms with Crippen molar-refractivity contribution in [2.45, 2.75) is 32.3 Å². The van der Waals surface area contributed by atoms with Crippen LogP contribution in [-0.4, -0.2) is 22.9 Å². The van der Waals surface area contributed by atoms with Crippen LogP contribution >= 0.6 is 0 Å². The maximum absolute atomic E-state index is 13.3. The lowest BCUT2D eigenvalue weighted by atomic mass is 9.79. The van der Waals surface area contributed by atoms with Gasteiger partial charge in [-0.1, -0.05) is 0 Å². The molecule has 2 rings (SSSR count). The van der Waals surface area contributed by atoms with Crippen molar-refractivity contribution in [1.82, 2.24) is 10.2 Å². The lowest BCUT2D eigenvalue weighted by Gasteiger charge is -2.34. The first-order valence-corrected chi connectivity index (χ1v) is 5.30. The first-order chi connectivity index (χ1) is 7.20. The fourth-order valence-electron chi connectivity index (χ4n) is 2.02. The number of nitrogen functional groups attached to an aromatic ring is 1. The highest BCUT2D eigenvalue weighted by atomic mass is 19.1. The molecule has 1 fully saturated rings. The molecule has 0 saturated heterocycles. The number of halogens is 1. The van der Waals surface area contributed by atoms with Gasteiger partial charge in [-0.05, 0) is 32.1 Å². The molecule has 0 amide bonds. The van der Waals surface area contributed by atoms with Gasteiger partial charge in [0.15, 0.2) is 11.6 Å². The molecule has 1 saturated carbocycles. The lowest BCUT2D eigenvalue weighted by Crippen LogP contribution is -2.32. The van der Waals surface area contributed by atoms with E-state index in [0.717, 1.165) is 19.4 Å². The van der Waals surface area contributed by atoms with Gasteiger partial charge in [0.25, 0.3) is 0 Å². The fraction of sp³-hybridized carbons (Fsp3) is 0.700. The van der Waals surface area contributed by atoms with Gasteiger partial charge in [-0.2, -0.15) is 5.10 Å². The summed E-state index contributed by atoms with van der Waals surface area (Å²) in [5.74, 6) is 0.0661. The monoisotopic (exact) mass is 213 g/mol. The number of nitrogens with two attached hydrogens (primary N) is 1. The van der Waals surface area contributed by atoms with Gasteiger partial charge < -0.3 is 10.5 Å². The van der Waals surface area contributed by atoms with Crippen molar-refractivity contribution in [2.24, 2.45) is 5.92 Å². The second-order valence-electron chi connectivity index (χ2n) is 4.02. The summed E-state index contributed by atoms with van der Waals surface area (Å²) >= 11 is 0. The summed E-state index contributed by atoms with van der Waals surface area (Å²) in [5.41, 5.74) is 5.83. The van der Waals surface area contributed by atoms with Crippen LogP contribution in [0.2, 0.25) is 0 Å².